The van der Waals surface area contributed by atoms with Gasteiger partial charge in [0, 0.05) is 65.8 Å². The van der Waals surface area contributed by atoms with Crippen molar-refractivity contribution < 1.29 is 8.78 Å². The van der Waals surface area contributed by atoms with E-state index in [0.717, 1.165) is 77.9 Å². The van der Waals surface area contributed by atoms with Crippen LogP contribution in [0.4, 0.5) is 8.78 Å². The van der Waals surface area contributed by atoms with Crippen molar-refractivity contribution in [2.24, 2.45) is 0 Å². The molecule has 0 bridgehead atoms. The van der Waals surface area contributed by atoms with Crippen LogP contribution in [0, 0.1) is 11.6 Å². The van der Waals surface area contributed by atoms with Gasteiger partial charge in [-0.2, -0.15) is 0 Å². The van der Waals surface area contributed by atoms with Gasteiger partial charge in [0.2, 0.25) is 0 Å². The fraction of sp³-hybridized carbons (Fsp3) is 0. The Morgan fingerprint density at radius 3 is 0.833 bits per heavy atom. The lowest BCUT2D eigenvalue weighted by atomic mass is 9.93. The summed E-state index contributed by atoms with van der Waals surface area (Å²) < 4.78 is 37.1. The predicted octanol–water partition coefficient (Wildman–Crippen LogP) is 27.7. The van der Waals surface area contributed by atoms with Gasteiger partial charge in [-0.3, -0.25) is 0 Å². The lowest BCUT2D eigenvalue weighted by molar-refractivity contribution is 0.627. The van der Waals surface area contributed by atoms with E-state index in [4.69, 9.17) is 0 Å². The van der Waals surface area contributed by atoms with Gasteiger partial charge in [-0.25, -0.2) is 8.78 Å². The smallest absolute Gasteiger partial charge is 0.123 e. The molecule has 0 atom stereocenters. The molecule has 0 N–H and O–H groups in total. The van der Waals surface area contributed by atoms with Gasteiger partial charge in [-0.15, -0.1) is 0 Å². The van der Waals surface area contributed by atoms with E-state index in [0.29, 0.717) is 0 Å². The van der Waals surface area contributed by atoms with E-state index in [1.165, 1.54) is 134 Å². The van der Waals surface area contributed by atoms with E-state index in [2.05, 4.69) is 370 Å². The highest BCUT2D eigenvalue weighted by Crippen LogP contribution is 2.44. The third-order valence-corrected chi connectivity index (χ3v) is 21.6. The first-order chi connectivity index (χ1) is 53.4. The molecule has 17 aromatic carbocycles. The molecule has 4 nitrogen and oxygen atoms in total. The molecule has 108 heavy (non-hydrogen) atoms. The molecule has 6 heteroatoms. The highest BCUT2D eigenvalue weighted by molar-refractivity contribution is 6.15. The third-order valence-electron chi connectivity index (χ3n) is 21.6. The number of nitrogens with zero attached hydrogens (tertiary/aromatic N) is 4. The molecular weight excluding hydrogens is 1320 g/mol. The topological polar surface area (TPSA) is 19.7 Å². The van der Waals surface area contributed by atoms with Crippen molar-refractivity contribution >= 4 is 87.2 Å². The molecule has 21 rings (SSSR count). The second-order valence-corrected chi connectivity index (χ2v) is 27.8. The van der Waals surface area contributed by atoms with Crippen LogP contribution in [0.15, 0.2) is 400 Å². The molecular formula is C102H66F2N4. The van der Waals surface area contributed by atoms with Crippen LogP contribution in [0.25, 0.3) is 188 Å². The van der Waals surface area contributed by atoms with E-state index in [1.807, 2.05) is 24.3 Å². The summed E-state index contributed by atoms with van der Waals surface area (Å²) in [6.07, 6.45) is 0. The maximum absolute atomic E-state index is 13.8. The molecule has 21 aromatic rings. The molecule has 0 aliphatic heterocycles. The van der Waals surface area contributed by atoms with Crippen molar-refractivity contribution in [1.82, 2.24) is 18.3 Å². The number of halogens is 2. The zero-order valence-corrected chi connectivity index (χ0v) is 58.6. The zero-order chi connectivity index (χ0) is 71.8. The molecule has 0 aliphatic rings. The summed E-state index contributed by atoms with van der Waals surface area (Å²) in [7, 11) is 0. The van der Waals surface area contributed by atoms with Crippen molar-refractivity contribution in [3.63, 3.8) is 0 Å². The molecule has 0 saturated carbocycles. The van der Waals surface area contributed by atoms with Gasteiger partial charge in [-0.1, -0.05) is 255 Å². The van der Waals surface area contributed by atoms with Gasteiger partial charge in [0.15, 0.2) is 0 Å². The van der Waals surface area contributed by atoms with Gasteiger partial charge in [-0.05, 0) is 223 Å². The number of hydrogen-bond acceptors (Lipinski definition) is 0. The molecule has 0 aliphatic carbocycles. The minimum absolute atomic E-state index is 0.257. The highest BCUT2D eigenvalue weighted by atomic mass is 19.1. The number of para-hydroxylation sites is 4. The van der Waals surface area contributed by atoms with E-state index < -0.39 is 0 Å². The molecule has 0 fully saturated rings. The van der Waals surface area contributed by atoms with Crippen LogP contribution in [-0.4, -0.2) is 18.3 Å². The largest absolute Gasteiger partial charge is 0.309 e. The molecule has 0 amide bonds. The summed E-state index contributed by atoms with van der Waals surface area (Å²) in [6.45, 7) is 0. The number of fused-ring (bicyclic) bond motifs is 12. The Kier molecular flexibility index (Phi) is 15.6. The minimum Gasteiger partial charge on any atom is -0.309 e. The average Bonchev–Trinajstić information content (AvgIpc) is 2.43. The molecule has 4 heterocycles. The molecule has 0 spiro atoms. The number of hydrogen-bond donors (Lipinski definition) is 0. The normalized spacial score (nSPS) is 11.6. The van der Waals surface area contributed by atoms with Crippen LogP contribution in [0.1, 0.15) is 0 Å². The van der Waals surface area contributed by atoms with Gasteiger partial charge in [0.25, 0.3) is 0 Å². The van der Waals surface area contributed by atoms with Crippen LogP contribution in [0.3, 0.4) is 0 Å². The molecule has 0 unspecified atom stereocenters. The Labute approximate surface area is 623 Å². The number of benzene rings is 17. The molecule has 0 radical (unpaired) electrons. The quantitative estimate of drug-likeness (QED) is 0.123. The van der Waals surface area contributed by atoms with E-state index >= 15 is 0 Å². The fourth-order valence-electron chi connectivity index (χ4n) is 16.4. The van der Waals surface area contributed by atoms with Crippen LogP contribution in [0.5, 0.6) is 0 Å². The van der Waals surface area contributed by atoms with E-state index in [-0.39, 0.29) is 11.6 Å². The van der Waals surface area contributed by atoms with E-state index in [1.54, 1.807) is 0 Å². The van der Waals surface area contributed by atoms with Crippen LogP contribution >= 0.6 is 0 Å². The van der Waals surface area contributed by atoms with Crippen LogP contribution in [0.2, 0.25) is 0 Å². The van der Waals surface area contributed by atoms with Crippen molar-refractivity contribution in [1.29, 1.82) is 0 Å². The minimum atomic E-state index is -0.257. The number of rotatable bonds is 11. The first-order valence-corrected chi connectivity index (χ1v) is 36.6. The summed E-state index contributed by atoms with van der Waals surface area (Å²) >= 11 is 0. The van der Waals surface area contributed by atoms with Gasteiger partial charge in [0.1, 0.15) is 11.6 Å². The van der Waals surface area contributed by atoms with Crippen molar-refractivity contribution in [3.8, 4) is 101 Å². The standard InChI is InChI=1S/C54H36N2.C48H30F2N2/c1-5-15-37(16-6-1)40-26-31-52-49(33-40)50-34-41(38-17-7-2-8-18-38)27-32-53(50)56(52)44-28-30-45(48(36-44)39-19-9-3-10-20-39)42-25-29-47-46-23-13-14-24-51(46)55(54(47)35-42)43-21-11-4-12-22-43;49-37-19-10-31(11-20-37)34-17-26-46-43(28-34)44-29-35(32-12-21-38(50)22-13-32)18-27-47(44)51(46)40-23-14-33(15-24-40)36-16-25-42-41-8-4-5-9-45(41)52(48(42)30-36)39-6-2-1-3-7-39/h1-36H;1-30H. The third kappa shape index (κ3) is 11.1. The zero-order valence-electron chi connectivity index (χ0n) is 58.6. The summed E-state index contributed by atoms with van der Waals surface area (Å²) in [5.74, 6) is -0.514. The fourth-order valence-corrected chi connectivity index (χ4v) is 16.4. The van der Waals surface area contributed by atoms with Crippen molar-refractivity contribution in [3.05, 3.63) is 412 Å². The Morgan fingerprint density at radius 1 is 0.139 bits per heavy atom. The predicted molar refractivity (Wildman–Crippen MR) is 448 cm³/mol. The Bertz CT molecular complexity index is 6800. The Morgan fingerprint density at radius 2 is 0.407 bits per heavy atom. The summed E-state index contributed by atoms with van der Waals surface area (Å²) in [6, 6.07) is 140. The molecule has 508 valence electrons. The van der Waals surface area contributed by atoms with Crippen LogP contribution < -0.4 is 0 Å². The first-order valence-electron chi connectivity index (χ1n) is 36.6. The van der Waals surface area contributed by atoms with Gasteiger partial charge < -0.3 is 18.3 Å². The van der Waals surface area contributed by atoms with Crippen LogP contribution in [-0.2, 0) is 0 Å². The van der Waals surface area contributed by atoms with Crippen molar-refractivity contribution in [2.75, 3.05) is 0 Å². The summed E-state index contributed by atoms with van der Waals surface area (Å²) in [5.41, 5.74) is 29.6. The monoisotopic (exact) mass is 1380 g/mol. The second-order valence-electron chi connectivity index (χ2n) is 27.8. The van der Waals surface area contributed by atoms with Crippen molar-refractivity contribution in [2.45, 2.75) is 0 Å². The second kappa shape index (κ2) is 26.5. The maximum Gasteiger partial charge on any atom is 0.123 e. The van der Waals surface area contributed by atoms with Gasteiger partial charge in [0.05, 0.1) is 44.1 Å². The summed E-state index contributed by atoms with van der Waals surface area (Å²) in [4.78, 5) is 0. The number of aromatic nitrogens is 4. The maximum atomic E-state index is 13.8. The molecule has 0 saturated heterocycles. The highest BCUT2D eigenvalue weighted by Gasteiger charge is 2.22. The Hall–Kier alpha value is -14.2. The Balaban J connectivity index is 0.000000143. The first kappa shape index (κ1) is 63.5. The lowest BCUT2D eigenvalue weighted by Gasteiger charge is -2.16. The lowest BCUT2D eigenvalue weighted by Crippen LogP contribution is -1.97. The summed E-state index contributed by atoms with van der Waals surface area (Å²) in [5, 5.41) is 9.63. The molecule has 4 aromatic heterocycles. The SMILES string of the molecule is Fc1ccc(-c2ccc3c(c2)c2cc(-c4ccc(F)cc4)ccc2n3-c2ccc(-c3ccc4c5ccccc5n(-c5ccccc5)c4c3)cc2)cc1.c1ccc(-c2ccc3c(c2)c2cc(-c4ccccc4)ccc2n3-c2ccc(-c3ccc4c5ccccc5n(-c5ccccc5)c4c3)c(-c3ccccc3)c2)cc1. The average molecular weight is 1390 g/mol. The van der Waals surface area contributed by atoms with E-state index in [9.17, 15) is 8.78 Å². The van der Waals surface area contributed by atoms with Gasteiger partial charge >= 0.3 is 0 Å².